The standard InChI is InChI=1S/C16H21BrO2/c1-3-5-11(6-4-2)15(18)14-10-13(17)9-12-7-8-19-16(12)14/h9-11H,3-8H2,1-2H3. The molecule has 0 saturated heterocycles. The lowest BCUT2D eigenvalue weighted by Crippen LogP contribution is -2.15. The third-order valence-corrected chi connectivity index (χ3v) is 4.12. The molecule has 0 saturated carbocycles. The van der Waals surface area contributed by atoms with Crippen LogP contribution in [0.2, 0.25) is 0 Å². The maximum absolute atomic E-state index is 12.7. The van der Waals surface area contributed by atoms with Crippen molar-refractivity contribution >= 4 is 21.7 Å². The fraction of sp³-hybridized carbons (Fsp3) is 0.562. The minimum Gasteiger partial charge on any atom is -0.492 e. The first-order chi connectivity index (χ1) is 9.17. The number of carbonyl (C=O) groups is 1. The Labute approximate surface area is 123 Å². The zero-order valence-corrected chi connectivity index (χ0v) is 13.3. The fourth-order valence-electron chi connectivity index (χ4n) is 2.78. The third-order valence-electron chi connectivity index (χ3n) is 3.66. The van der Waals surface area contributed by atoms with Crippen LogP contribution in [0.15, 0.2) is 16.6 Å². The Morgan fingerprint density at radius 2 is 2.00 bits per heavy atom. The van der Waals surface area contributed by atoms with Crippen molar-refractivity contribution in [3.8, 4) is 5.75 Å². The van der Waals surface area contributed by atoms with Gasteiger partial charge < -0.3 is 4.74 Å². The Kier molecular flexibility index (Phi) is 5.03. The molecule has 0 radical (unpaired) electrons. The van der Waals surface area contributed by atoms with E-state index in [2.05, 4.69) is 35.8 Å². The zero-order valence-electron chi connectivity index (χ0n) is 11.7. The van der Waals surface area contributed by atoms with Crippen molar-refractivity contribution in [3.63, 3.8) is 0 Å². The van der Waals surface area contributed by atoms with Gasteiger partial charge in [-0.2, -0.15) is 0 Å². The second-order valence-electron chi connectivity index (χ2n) is 5.18. The molecule has 0 bridgehead atoms. The summed E-state index contributed by atoms with van der Waals surface area (Å²) in [6.45, 7) is 4.97. The predicted molar refractivity (Wildman–Crippen MR) is 81.0 cm³/mol. The smallest absolute Gasteiger partial charge is 0.169 e. The highest BCUT2D eigenvalue weighted by atomic mass is 79.9. The van der Waals surface area contributed by atoms with Gasteiger partial charge in [0.1, 0.15) is 5.75 Å². The monoisotopic (exact) mass is 324 g/mol. The van der Waals surface area contributed by atoms with Crippen molar-refractivity contribution in [1.82, 2.24) is 0 Å². The molecule has 0 amide bonds. The summed E-state index contributed by atoms with van der Waals surface area (Å²) in [7, 11) is 0. The summed E-state index contributed by atoms with van der Waals surface area (Å²) < 4.78 is 6.65. The van der Waals surface area contributed by atoms with Crippen LogP contribution in [0, 0.1) is 5.92 Å². The van der Waals surface area contributed by atoms with Crippen LogP contribution >= 0.6 is 15.9 Å². The van der Waals surface area contributed by atoms with Gasteiger partial charge in [-0.25, -0.2) is 0 Å². The van der Waals surface area contributed by atoms with Crippen molar-refractivity contribution in [2.45, 2.75) is 46.0 Å². The average molecular weight is 325 g/mol. The van der Waals surface area contributed by atoms with Crippen molar-refractivity contribution in [2.24, 2.45) is 5.92 Å². The first kappa shape index (κ1) is 14.6. The molecule has 0 aromatic heterocycles. The lowest BCUT2D eigenvalue weighted by Gasteiger charge is -2.16. The Morgan fingerprint density at radius 1 is 1.32 bits per heavy atom. The number of benzene rings is 1. The molecule has 0 spiro atoms. The number of hydrogen-bond donors (Lipinski definition) is 0. The quantitative estimate of drug-likeness (QED) is 0.703. The number of ether oxygens (including phenoxy) is 1. The van der Waals surface area contributed by atoms with Crippen LogP contribution < -0.4 is 4.74 Å². The van der Waals surface area contributed by atoms with E-state index in [0.717, 1.165) is 53.5 Å². The lowest BCUT2D eigenvalue weighted by atomic mass is 9.89. The van der Waals surface area contributed by atoms with E-state index in [1.54, 1.807) is 0 Å². The molecule has 2 rings (SSSR count). The molecule has 1 aliphatic heterocycles. The minimum absolute atomic E-state index is 0.137. The molecule has 1 heterocycles. The van der Waals surface area contributed by atoms with Gasteiger partial charge in [-0.1, -0.05) is 42.6 Å². The maximum atomic E-state index is 12.7. The largest absolute Gasteiger partial charge is 0.492 e. The molecule has 3 heteroatoms. The number of ketones is 1. The van der Waals surface area contributed by atoms with Crippen LogP contribution in [0.1, 0.15) is 55.5 Å². The molecular weight excluding hydrogens is 304 g/mol. The second-order valence-corrected chi connectivity index (χ2v) is 6.09. The average Bonchev–Trinajstić information content (AvgIpc) is 2.84. The molecule has 104 valence electrons. The number of carbonyl (C=O) groups excluding carboxylic acids is 1. The van der Waals surface area contributed by atoms with Crippen LogP contribution in [0.3, 0.4) is 0 Å². The maximum Gasteiger partial charge on any atom is 0.169 e. The Morgan fingerprint density at radius 3 is 2.63 bits per heavy atom. The van der Waals surface area contributed by atoms with Gasteiger partial charge in [0.15, 0.2) is 5.78 Å². The number of hydrogen-bond acceptors (Lipinski definition) is 2. The number of fused-ring (bicyclic) bond motifs is 1. The molecule has 0 N–H and O–H groups in total. The van der Waals surface area contributed by atoms with Crippen LogP contribution in [-0.2, 0) is 6.42 Å². The number of Topliss-reactive ketones (excluding diaryl/α,β-unsaturated/α-hetero) is 1. The molecular formula is C16H21BrO2. The van der Waals surface area contributed by atoms with Crippen LogP contribution in [-0.4, -0.2) is 12.4 Å². The summed E-state index contributed by atoms with van der Waals surface area (Å²) in [5.41, 5.74) is 1.93. The van der Waals surface area contributed by atoms with E-state index < -0.39 is 0 Å². The second kappa shape index (κ2) is 6.56. The van der Waals surface area contributed by atoms with E-state index in [9.17, 15) is 4.79 Å². The Hall–Kier alpha value is -0.830. The number of rotatable bonds is 6. The third kappa shape index (κ3) is 3.19. The van der Waals surface area contributed by atoms with E-state index in [1.165, 1.54) is 0 Å². The van der Waals surface area contributed by atoms with E-state index in [4.69, 9.17) is 4.74 Å². The van der Waals surface area contributed by atoms with Crippen LogP contribution in [0.4, 0.5) is 0 Å². The predicted octanol–water partition coefficient (Wildman–Crippen LogP) is 4.78. The van der Waals surface area contributed by atoms with Gasteiger partial charge in [0.2, 0.25) is 0 Å². The lowest BCUT2D eigenvalue weighted by molar-refractivity contribution is 0.0901. The normalized spacial score (nSPS) is 13.5. The van der Waals surface area contributed by atoms with E-state index in [1.807, 2.05) is 6.07 Å². The number of halogens is 1. The van der Waals surface area contributed by atoms with Gasteiger partial charge >= 0.3 is 0 Å². The van der Waals surface area contributed by atoms with E-state index in [-0.39, 0.29) is 11.7 Å². The Balaban J connectivity index is 2.32. The highest BCUT2D eigenvalue weighted by Gasteiger charge is 2.26. The summed E-state index contributed by atoms with van der Waals surface area (Å²) in [6.07, 6.45) is 4.93. The van der Waals surface area contributed by atoms with E-state index >= 15 is 0 Å². The van der Waals surface area contributed by atoms with Gasteiger partial charge in [-0.3, -0.25) is 4.79 Å². The summed E-state index contributed by atoms with van der Waals surface area (Å²) in [5.74, 6) is 1.21. The fourth-order valence-corrected chi connectivity index (χ4v) is 3.28. The van der Waals surface area contributed by atoms with Crippen molar-refractivity contribution < 1.29 is 9.53 Å². The van der Waals surface area contributed by atoms with Crippen LogP contribution in [0.5, 0.6) is 5.75 Å². The van der Waals surface area contributed by atoms with Gasteiger partial charge in [0.25, 0.3) is 0 Å². The molecule has 1 aromatic rings. The van der Waals surface area contributed by atoms with E-state index in [0.29, 0.717) is 6.61 Å². The first-order valence-corrected chi connectivity index (χ1v) is 7.96. The Bertz CT molecular complexity index is 462. The summed E-state index contributed by atoms with van der Waals surface area (Å²) in [5, 5.41) is 0. The zero-order chi connectivity index (χ0) is 13.8. The van der Waals surface area contributed by atoms with Crippen molar-refractivity contribution in [3.05, 3.63) is 27.7 Å². The summed E-state index contributed by atoms with van der Waals surface area (Å²) >= 11 is 3.50. The molecule has 19 heavy (non-hydrogen) atoms. The van der Waals surface area contributed by atoms with Gasteiger partial charge in [-0.15, -0.1) is 0 Å². The SMILES string of the molecule is CCCC(CCC)C(=O)c1cc(Br)cc2c1OCC2. The molecule has 0 atom stereocenters. The molecule has 0 fully saturated rings. The van der Waals surface area contributed by atoms with Crippen molar-refractivity contribution in [1.29, 1.82) is 0 Å². The molecule has 2 nitrogen and oxygen atoms in total. The van der Waals surface area contributed by atoms with Gasteiger partial charge in [0.05, 0.1) is 12.2 Å². The highest BCUT2D eigenvalue weighted by Crippen LogP contribution is 2.35. The molecule has 1 aliphatic rings. The molecule has 1 aromatic carbocycles. The van der Waals surface area contributed by atoms with Gasteiger partial charge in [-0.05, 0) is 30.5 Å². The van der Waals surface area contributed by atoms with Gasteiger partial charge in [0, 0.05) is 16.8 Å². The minimum atomic E-state index is 0.137. The molecule has 0 aliphatic carbocycles. The highest BCUT2D eigenvalue weighted by molar-refractivity contribution is 9.10. The summed E-state index contributed by atoms with van der Waals surface area (Å²) in [4.78, 5) is 12.7. The van der Waals surface area contributed by atoms with Crippen molar-refractivity contribution in [2.75, 3.05) is 6.61 Å². The molecule has 0 unspecified atom stereocenters. The van der Waals surface area contributed by atoms with Crippen LogP contribution in [0.25, 0.3) is 0 Å². The summed E-state index contributed by atoms with van der Waals surface area (Å²) in [6, 6.07) is 3.98. The first-order valence-electron chi connectivity index (χ1n) is 7.16. The topological polar surface area (TPSA) is 26.3 Å².